The van der Waals surface area contributed by atoms with Gasteiger partial charge in [0.15, 0.2) is 0 Å². The van der Waals surface area contributed by atoms with E-state index in [1.807, 2.05) is 37.3 Å². The molecule has 9 heteroatoms. The van der Waals surface area contributed by atoms with Gasteiger partial charge in [-0.25, -0.2) is 0 Å². The Morgan fingerprint density at radius 1 is 0.982 bits per heavy atom. The zero-order valence-electron chi connectivity index (χ0n) is 34.2. The number of benzene rings is 2. The number of aromatic hydroxyl groups is 1. The van der Waals surface area contributed by atoms with Gasteiger partial charge in [-0.15, -0.1) is 0 Å². The van der Waals surface area contributed by atoms with E-state index in [1.165, 1.54) is 0 Å². The summed E-state index contributed by atoms with van der Waals surface area (Å²) >= 11 is 0. The average Bonchev–Trinajstić information content (AvgIpc) is 3.16. The molecule has 1 aliphatic heterocycles. The highest BCUT2D eigenvalue weighted by Gasteiger charge is 2.35. The van der Waals surface area contributed by atoms with Crippen molar-refractivity contribution < 1.29 is 40.5 Å². The number of hydrogen-bond donors (Lipinski definition) is 8. The van der Waals surface area contributed by atoms with Gasteiger partial charge in [-0.1, -0.05) is 114 Å². The van der Waals surface area contributed by atoms with E-state index >= 15 is 0 Å². The number of unbranched alkanes of at least 4 members (excludes halogenated alkanes) is 1. The van der Waals surface area contributed by atoms with Crippen molar-refractivity contribution in [3.8, 4) is 17.6 Å². The maximum Gasteiger partial charge on any atom is 0.303 e. The van der Waals surface area contributed by atoms with E-state index in [0.29, 0.717) is 44.4 Å². The van der Waals surface area contributed by atoms with Gasteiger partial charge in [0.1, 0.15) is 5.75 Å². The second kappa shape index (κ2) is 24.3. The minimum Gasteiger partial charge on any atom is -0.508 e. The fourth-order valence-electron chi connectivity index (χ4n) is 7.62. The lowest BCUT2D eigenvalue weighted by molar-refractivity contribution is -0.137. The number of aliphatic hydroxyl groups is 5. The maximum absolute atomic E-state index is 12.3. The third-order valence-corrected chi connectivity index (χ3v) is 11.1. The molecular weight excluding hydrogens is 707 g/mol. The van der Waals surface area contributed by atoms with Crippen LogP contribution in [0.5, 0.6) is 5.75 Å². The van der Waals surface area contributed by atoms with Crippen molar-refractivity contribution in [1.29, 1.82) is 0 Å². The van der Waals surface area contributed by atoms with Crippen LogP contribution in [0, 0.1) is 23.7 Å². The Kier molecular flexibility index (Phi) is 20.4. The van der Waals surface area contributed by atoms with Gasteiger partial charge >= 0.3 is 5.97 Å². The van der Waals surface area contributed by atoms with Crippen molar-refractivity contribution in [2.24, 2.45) is 11.8 Å². The van der Waals surface area contributed by atoms with Gasteiger partial charge in [-0.2, -0.15) is 0 Å². The Labute approximate surface area is 335 Å². The van der Waals surface area contributed by atoms with Gasteiger partial charge in [0.05, 0.1) is 30.5 Å². The molecule has 1 aliphatic rings. The molecule has 2 aromatic rings. The number of allylic oxidation sites excluding steroid dienone is 2. The molecule has 0 aliphatic carbocycles. The standard InChI is InChI=1S/C47H69NO8/c1-5-6-16-43(52)44(53)28-25-38-24-23-37-13-8-7-12-36(37)14-10-17-45(47(4,56)31-35-20-26-39(50)27-21-35)48-42(41(38)30-40(51)32-49)15-9-11-34(19-18-33(2)3)22-29-46(54)55/h7-8,12-13,20-21,25-28,33-34,40,42-45,48-53,56H,5-6,9,11,15-19,22-24,29-32H2,1-4H3,(H,54,55)/b28-25+,41-38+/t34-,40+,42+,43+,44-,45-,47+/m1/s1. The number of carboxylic acid groups (broad SMARTS) is 1. The third-order valence-electron chi connectivity index (χ3n) is 11.1. The van der Waals surface area contributed by atoms with Gasteiger partial charge in [0.25, 0.3) is 0 Å². The Morgan fingerprint density at radius 2 is 1.71 bits per heavy atom. The zero-order valence-corrected chi connectivity index (χ0v) is 34.2. The van der Waals surface area contributed by atoms with Crippen molar-refractivity contribution in [1.82, 2.24) is 5.32 Å². The predicted octanol–water partition coefficient (Wildman–Crippen LogP) is 7.00. The van der Waals surface area contributed by atoms with E-state index in [-0.39, 0.29) is 30.9 Å². The first-order chi connectivity index (χ1) is 26.7. The average molecular weight is 776 g/mol. The summed E-state index contributed by atoms with van der Waals surface area (Å²) < 4.78 is 0. The molecule has 56 heavy (non-hydrogen) atoms. The number of hydrogen-bond acceptors (Lipinski definition) is 8. The van der Waals surface area contributed by atoms with Crippen molar-refractivity contribution in [3.05, 3.63) is 88.5 Å². The minimum absolute atomic E-state index is 0.113. The van der Waals surface area contributed by atoms with Crippen molar-refractivity contribution in [2.45, 2.75) is 160 Å². The van der Waals surface area contributed by atoms with Crippen LogP contribution in [0.3, 0.4) is 0 Å². The van der Waals surface area contributed by atoms with Crippen LogP contribution >= 0.6 is 0 Å². The fourth-order valence-corrected chi connectivity index (χ4v) is 7.62. The summed E-state index contributed by atoms with van der Waals surface area (Å²) in [5, 5.41) is 78.6. The molecule has 7 atom stereocenters. The van der Waals surface area contributed by atoms with Gasteiger partial charge in [0.2, 0.25) is 0 Å². The number of carbonyl (C=O) groups is 1. The summed E-state index contributed by atoms with van der Waals surface area (Å²) in [6.45, 7) is 7.71. The molecule has 8 N–H and O–H groups in total. The molecule has 3 rings (SSSR count). The molecule has 0 saturated heterocycles. The number of aryl methyl sites for hydroxylation is 1. The summed E-state index contributed by atoms with van der Waals surface area (Å²) in [7, 11) is 0. The van der Waals surface area contributed by atoms with Crippen molar-refractivity contribution in [3.63, 3.8) is 0 Å². The highest BCUT2D eigenvalue weighted by molar-refractivity contribution is 5.66. The monoisotopic (exact) mass is 776 g/mol. The minimum atomic E-state index is -1.31. The second-order valence-corrected chi connectivity index (χ2v) is 16.5. The quantitative estimate of drug-likeness (QED) is 0.0587. The largest absolute Gasteiger partial charge is 0.508 e. The number of rotatable bonds is 22. The molecule has 2 aromatic carbocycles. The van der Waals surface area contributed by atoms with Crippen LogP contribution in [0.1, 0.15) is 128 Å². The highest BCUT2D eigenvalue weighted by atomic mass is 16.4. The highest BCUT2D eigenvalue weighted by Crippen LogP contribution is 2.31. The number of phenolic OH excluding ortho intramolecular Hbond substituents is 1. The predicted molar refractivity (Wildman–Crippen MR) is 223 cm³/mol. The number of fused-ring (bicyclic) bond motifs is 1. The molecule has 0 fully saturated rings. The molecule has 0 aromatic heterocycles. The Balaban J connectivity index is 2.18. The van der Waals surface area contributed by atoms with E-state index in [2.05, 4.69) is 31.0 Å². The number of carboxylic acids is 1. The van der Waals surface area contributed by atoms with Gasteiger partial charge < -0.3 is 41.1 Å². The first kappa shape index (κ1) is 46.9. The lowest BCUT2D eigenvalue weighted by atomic mass is 9.82. The van der Waals surface area contributed by atoms with Crippen LogP contribution in [0.4, 0.5) is 0 Å². The summed E-state index contributed by atoms with van der Waals surface area (Å²) in [4.78, 5) is 11.6. The normalized spacial score (nSPS) is 21.2. The molecule has 310 valence electrons. The molecule has 0 radical (unpaired) electrons. The van der Waals surface area contributed by atoms with Crippen molar-refractivity contribution in [2.75, 3.05) is 6.61 Å². The van der Waals surface area contributed by atoms with Gasteiger partial charge in [0, 0.05) is 36.9 Å². The van der Waals surface area contributed by atoms with Crippen LogP contribution in [-0.4, -0.2) is 84.3 Å². The maximum atomic E-state index is 12.3. The third kappa shape index (κ3) is 16.5. The van der Waals surface area contributed by atoms with E-state index in [4.69, 9.17) is 0 Å². The van der Waals surface area contributed by atoms with E-state index < -0.39 is 48.6 Å². The fraction of sp³-hybridized carbons (Fsp3) is 0.596. The summed E-state index contributed by atoms with van der Waals surface area (Å²) in [5.41, 5.74) is 3.15. The summed E-state index contributed by atoms with van der Waals surface area (Å²) in [6, 6.07) is 13.8. The van der Waals surface area contributed by atoms with Gasteiger partial charge in [-0.3, -0.25) is 4.79 Å². The van der Waals surface area contributed by atoms with Crippen LogP contribution in [0.15, 0.2) is 71.8 Å². The van der Waals surface area contributed by atoms with Crippen LogP contribution < -0.4 is 5.32 Å². The molecule has 1 heterocycles. The van der Waals surface area contributed by atoms with Crippen LogP contribution in [0.2, 0.25) is 0 Å². The van der Waals surface area contributed by atoms with E-state index in [0.717, 1.165) is 66.4 Å². The SMILES string of the molecule is CCCC[C@H](O)[C@H](O)/C=C/C1=C(\C[C@H](O)CO)[C@H](CCC[C@@H](CCC(=O)O)CCC(C)C)N[C@@H]([C@@](C)(O)Cc2ccc(O)cc2)CC#Cc2ccccc2CC1. The zero-order chi connectivity index (χ0) is 41.1. The number of phenols is 1. The van der Waals surface area contributed by atoms with E-state index in [9.17, 15) is 40.5 Å². The van der Waals surface area contributed by atoms with Crippen LogP contribution in [0.25, 0.3) is 0 Å². The summed E-state index contributed by atoms with van der Waals surface area (Å²) in [6.07, 6.45) is 9.19. The Hall–Kier alpha value is -3.49. The molecule has 0 amide bonds. The summed E-state index contributed by atoms with van der Waals surface area (Å²) in [5.74, 6) is 6.78. The molecule has 0 unspecified atom stereocenters. The number of nitrogens with one attached hydrogen (secondary N) is 1. The Morgan fingerprint density at radius 3 is 2.39 bits per heavy atom. The lowest BCUT2D eigenvalue weighted by Crippen LogP contribution is -2.54. The molecule has 0 spiro atoms. The van der Waals surface area contributed by atoms with Crippen LogP contribution in [-0.2, 0) is 17.6 Å². The first-order valence-electron chi connectivity index (χ1n) is 20.8. The first-order valence-corrected chi connectivity index (χ1v) is 20.8. The topological polar surface area (TPSA) is 171 Å². The molecular formula is C47H69NO8. The van der Waals surface area contributed by atoms with E-state index in [1.54, 1.807) is 37.3 Å². The molecule has 9 nitrogen and oxygen atoms in total. The van der Waals surface area contributed by atoms with Crippen molar-refractivity contribution >= 4 is 5.97 Å². The molecule has 0 saturated carbocycles. The van der Waals surface area contributed by atoms with Gasteiger partial charge in [-0.05, 0) is 97.8 Å². The smallest absolute Gasteiger partial charge is 0.303 e. The Bertz CT molecular complexity index is 1590. The molecule has 0 bridgehead atoms. The lowest BCUT2D eigenvalue weighted by Gasteiger charge is -2.38. The second-order valence-electron chi connectivity index (χ2n) is 16.5. The number of aliphatic hydroxyl groups excluding tert-OH is 4. The number of aliphatic carboxylic acids is 1.